The van der Waals surface area contributed by atoms with Gasteiger partial charge in [-0.25, -0.2) is 4.98 Å². The second kappa shape index (κ2) is 8.29. The Morgan fingerprint density at radius 3 is 2.92 bits per heavy atom. The molecule has 5 nitrogen and oxygen atoms in total. The van der Waals surface area contributed by atoms with Crippen molar-refractivity contribution in [2.75, 3.05) is 19.6 Å². The van der Waals surface area contributed by atoms with Gasteiger partial charge in [0.1, 0.15) is 5.82 Å². The van der Waals surface area contributed by atoms with E-state index in [1.165, 1.54) is 18.4 Å². The molecular formula is C19H28N4O. The molecule has 0 bridgehead atoms. The van der Waals surface area contributed by atoms with Crippen LogP contribution in [-0.2, 0) is 18.3 Å². The molecule has 2 aromatic rings. The van der Waals surface area contributed by atoms with Crippen LogP contribution in [0.2, 0.25) is 0 Å². The maximum Gasteiger partial charge on any atom is 0.220 e. The van der Waals surface area contributed by atoms with E-state index in [0.717, 1.165) is 56.2 Å². The number of hydrogen-bond donors (Lipinski definition) is 2. The molecule has 1 aliphatic heterocycles. The monoisotopic (exact) mass is 328 g/mol. The molecule has 0 unspecified atom stereocenters. The second-order valence-electron chi connectivity index (χ2n) is 6.76. The number of piperidine rings is 1. The van der Waals surface area contributed by atoms with Gasteiger partial charge in [0.05, 0.1) is 11.0 Å². The third-order valence-corrected chi connectivity index (χ3v) is 5.02. The molecule has 1 saturated heterocycles. The Morgan fingerprint density at radius 1 is 1.33 bits per heavy atom. The number of imidazole rings is 1. The zero-order valence-corrected chi connectivity index (χ0v) is 14.6. The summed E-state index contributed by atoms with van der Waals surface area (Å²) in [5.41, 5.74) is 2.21. The molecule has 0 aliphatic carbocycles. The zero-order valence-electron chi connectivity index (χ0n) is 14.6. The van der Waals surface area contributed by atoms with Gasteiger partial charge in [-0.1, -0.05) is 12.1 Å². The number of amides is 1. The van der Waals surface area contributed by atoms with Crippen molar-refractivity contribution in [1.29, 1.82) is 0 Å². The lowest BCUT2D eigenvalue weighted by Crippen LogP contribution is -2.29. The quantitative estimate of drug-likeness (QED) is 0.767. The number of aromatic nitrogens is 2. The van der Waals surface area contributed by atoms with E-state index in [4.69, 9.17) is 0 Å². The summed E-state index contributed by atoms with van der Waals surface area (Å²) in [5.74, 6) is 2.00. The topological polar surface area (TPSA) is 59.0 Å². The minimum atomic E-state index is 0.193. The van der Waals surface area contributed by atoms with E-state index in [1.54, 1.807) is 0 Å². The Labute approximate surface area is 143 Å². The average molecular weight is 328 g/mol. The van der Waals surface area contributed by atoms with Gasteiger partial charge in [0, 0.05) is 26.4 Å². The first-order valence-corrected chi connectivity index (χ1v) is 9.12. The summed E-state index contributed by atoms with van der Waals surface area (Å²) in [6, 6.07) is 8.19. The molecule has 2 N–H and O–H groups in total. The number of fused-ring (bicyclic) bond motifs is 1. The van der Waals surface area contributed by atoms with Crippen molar-refractivity contribution in [3.63, 3.8) is 0 Å². The molecule has 5 heteroatoms. The van der Waals surface area contributed by atoms with Crippen LogP contribution >= 0.6 is 0 Å². The van der Waals surface area contributed by atoms with Crippen molar-refractivity contribution in [1.82, 2.24) is 20.2 Å². The second-order valence-corrected chi connectivity index (χ2v) is 6.76. The first-order chi connectivity index (χ1) is 11.7. The maximum atomic E-state index is 12.0. The highest BCUT2D eigenvalue weighted by atomic mass is 16.1. The minimum Gasteiger partial charge on any atom is -0.356 e. The van der Waals surface area contributed by atoms with Crippen molar-refractivity contribution in [2.24, 2.45) is 13.0 Å². The Bertz CT molecular complexity index is 673. The number of para-hydroxylation sites is 2. The lowest BCUT2D eigenvalue weighted by Gasteiger charge is -2.22. The summed E-state index contributed by atoms with van der Waals surface area (Å²) < 4.78 is 2.15. The smallest absolute Gasteiger partial charge is 0.220 e. The number of nitrogens with zero attached hydrogens (tertiary/aromatic N) is 2. The van der Waals surface area contributed by atoms with Crippen molar-refractivity contribution in [2.45, 2.75) is 38.5 Å². The molecule has 0 atom stereocenters. The molecule has 24 heavy (non-hydrogen) atoms. The van der Waals surface area contributed by atoms with Gasteiger partial charge >= 0.3 is 0 Å². The van der Waals surface area contributed by atoms with Crippen LogP contribution in [0.5, 0.6) is 0 Å². The molecule has 1 aromatic carbocycles. The third kappa shape index (κ3) is 4.35. The van der Waals surface area contributed by atoms with Gasteiger partial charge in [0.15, 0.2) is 0 Å². The number of aryl methyl sites for hydroxylation is 2. The number of carbonyl (C=O) groups is 1. The van der Waals surface area contributed by atoms with E-state index < -0.39 is 0 Å². The molecule has 130 valence electrons. The van der Waals surface area contributed by atoms with Crippen molar-refractivity contribution >= 4 is 16.9 Å². The van der Waals surface area contributed by atoms with Crippen LogP contribution in [0.15, 0.2) is 24.3 Å². The summed E-state index contributed by atoms with van der Waals surface area (Å²) in [7, 11) is 2.06. The number of nitrogens with one attached hydrogen (secondary N) is 2. The van der Waals surface area contributed by atoms with Gasteiger partial charge in [-0.15, -0.1) is 0 Å². The van der Waals surface area contributed by atoms with Crippen LogP contribution < -0.4 is 10.6 Å². The molecule has 0 radical (unpaired) electrons. The fraction of sp³-hybridized carbons (Fsp3) is 0.579. The Kier molecular flexibility index (Phi) is 5.86. The van der Waals surface area contributed by atoms with E-state index >= 15 is 0 Å². The third-order valence-electron chi connectivity index (χ3n) is 5.02. The van der Waals surface area contributed by atoms with Crippen LogP contribution in [0.1, 0.15) is 37.9 Å². The highest BCUT2D eigenvalue weighted by molar-refractivity contribution is 5.76. The molecule has 3 rings (SSSR count). The van der Waals surface area contributed by atoms with Crippen molar-refractivity contribution < 1.29 is 4.79 Å². The number of benzene rings is 1. The Morgan fingerprint density at radius 2 is 2.12 bits per heavy atom. The summed E-state index contributed by atoms with van der Waals surface area (Å²) in [6.45, 7) is 2.93. The maximum absolute atomic E-state index is 12.0. The van der Waals surface area contributed by atoms with E-state index in [-0.39, 0.29) is 5.91 Å². The molecular weight excluding hydrogens is 300 g/mol. The molecule has 1 amide bonds. The van der Waals surface area contributed by atoms with Gasteiger partial charge in [0.2, 0.25) is 5.91 Å². The highest BCUT2D eigenvalue weighted by Gasteiger charge is 2.14. The van der Waals surface area contributed by atoms with Crippen molar-refractivity contribution in [3.05, 3.63) is 30.1 Å². The largest absolute Gasteiger partial charge is 0.356 e. The Hall–Kier alpha value is -1.88. The number of carbonyl (C=O) groups excluding carboxylic acids is 1. The van der Waals surface area contributed by atoms with Gasteiger partial charge < -0.3 is 15.2 Å². The zero-order chi connectivity index (χ0) is 16.8. The predicted molar refractivity (Wildman–Crippen MR) is 96.9 cm³/mol. The van der Waals surface area contributed by atoms with E-state index in [2.05, 4.69) is 33.3 Å². The van der Waals surface area contributed by atoms with Crippen molar-refractivity contribution in [3.8, 4) is 0 Å². The van der Waals surface area contributed by atoms with Gasteiger partial charge in [-0.05, 0) is 56.8 Å². The lowest BCUT2D eigenvalue weighted by molar-refractivity contribution is -0.121. The van der Waals surface area contributed by atoms with E-state index in [1.807, 2.05) is 18.2 Å². The molecule has 1 aliphatic rings. The predicted octanol–water partition coefficient (Wildman–Crippen LogP) is 2.40. The SMILES string of the molecule is Cn1c(CCCNC(=O)CCC2CCNCC2)nc2ccccc21. The summed E-state index contributed by atoms with van der Waals surface area (Å²) in [6.07, 6.45) is 5.92. The van der Waals surface area contributed by atoms with E-state index in [0.29, 0.717) is 6.42 Å². The molecule has 1 aromatic heterocycles. The van der Waals surface area contributed by atoms with E-state index in [9.17, 15) is 4.79 Å². The molecule has 0 spiro atoms. The summed E-state index contributed by atoms with van der Waals surface area (Å²) in [4.78, 5) is 16.6. The first kappa shape index (κ1) is 17.0. The summed E-state index contributed by atoms with van der Waals surface area (Å²) >= 11 is 0. The Balaban J connectivity index is 1.36. The number of rotatable bonds is 7. The van der Waals surface area contributed by atoms with Crippen LogP contribution in [0.25, 0.3) is 11.0 Å². The van der Waals surface area contributed by atoms with Gasteiger partial charge in [-0.2, -0.15) is 0 Å². The molecule has 2 heterocycles. The van der Waals surface area contributed by atoms with Crippen LogP contribution in [0.4, 0.5) is 0 Å². The first-order valence-electron chi connectivity index (χ1n) is 9.12. The van der Waals surface area contributed by atoms with Gasteiger partial charge in [0.25, 0.3) is 0 Å². The highest BCUT2D eigenvalue weighted by Crippen LogP contribution is 2.17. The lowest BCUT2D eigenvalue weighted by atomic mass is 9.93. The number of hydrogen-bond acceptors (Lipinski definition) is 3. The summed E-state index contributed by atoms with van der Waals surface area (Å²) in [5, 5.41) is 6.42. The normalized spacial score (nSPS) is 15.7. The van der Waals surface area contributed by atoms with Gasteiger partial charge in [-0.3, -0.25) is 4.79 Å². The molecule has 0 saturated carbocycles. The molecule has 1 fully saturated rings. The van der Waals surface area contributed by atoms with Crippen LogP contribution in [-0.4, -0.2) is 35.1 Å². The average Bonchev–Trinajstić information content (AvgIpc) is 2.94. The fourth-order valence-corrected chi connectivity index (χ4v) is 3.49. The minimum absolute atomic E-state index is 0.193. The van der Waals surface area contributed by atoms with Crippen LogP contribution in [0, 0.1) is 5.92 Å². The van der Waals surface area contributed by atoms with Crippen LogP contribution in [0.3, 0.4) is 0 Å². The fourth-order valence-electron chi connectivity index (χ4n) is 3.49. The standard InChI is InChI=1S/C19H28N4O/c1-23-17-6-3-2-5-16(17)22-18(23)7-4-12-21-19(24)9-8-15-10-13-20-14-11-15/h2-3,5-6,15,20H,4,7-14H2,1H3,(H,21,24).